The number of nitrogens with one attached hydrogen (secondary N) is 1. The van der Waals surface area contributed by atoms with Gasteiger partial charge in [-0.05, 0) is 25.1 Å². The van der Waals surface area contributed by atoms with E-state index < -0.39 is 0 Å². The minimum atomic E-state index is 0.489. The first kappa shape index (κ1) is 11.4. The van der Waals surface area contributed by atoms with Crippen LogP contribution >= 0.6 is 22.9 Å². The number of hydrogen-bond acceptors (Lipinski definition) is 4. The fourth-order valence-corrected chi connectivity index (χ4v) is 2.87. The maximum atomic E-state index is 6.16. The van der Waals surface area contributed by atoms with Crippen molar-refractivity contribution in [2.75, 3.05) is 5.32 Å². The van der Waals surface area contributed by atoms with E-state index in [2.05, 4.69) is 15.3 Å². The molecule has 1 N–H and O–H groups in total. The summed E-state index contributed by atoms with van der Waals surface area (Å²) in [6.45, 7) is 2.03. The monoisotopic (exact) mass is 275 g/mol. The molecule has 0 spiro atoms. The molecule has 0 saturated carbocycles. The predicted molar refractivity (Wildman–Crippen MR) is 76.9 cm³/mol. The molecule has 5 heteroatoms. The second-order valence-corrected chi connectivity index (χ2v) is 5.50. The molecule has 3 rings (SSSR count). The average molecular weight is 276 g/mol. The maximum absolute atomic E-state index is 6.16. The third-order valence-corrected chi connectivity index (χ3v) is 3.73. The third kappa shape index (κ3) is 2.17. The largest absolute Gasteiger partial charge is 0.324 e. The van der Waals surface area contributed by atoms with E-state index in [0.717, 1.165) is 15.9 Å². The van der Waals surface area contributed by atoms with E-state index in [1.54, 1.807) is 11.3 Å². The highest BCUT2D eigenvalue weighted by Crippen LogP contribution is 2.29. The van der Waals surface area contributed by atoms with Gasteiger partial charge in [0.15, 0.2) is 0 Å². The Balaban J connectivity index is 2.02. The molecular weight excluding hydrogens is 266 g/mol. The van der Waals surface area contributed by atoms with Gasteiger partial charge in [-0.2, -0.15) is 0 Å². The molecular formula is C13H10ClN3S. The number of anilines is 2. The number of hydrogen-bond donors (Lipinski definition) is 1. The highest BCUT2D eigenvalue weighted by molar-refractivity contribution is 7.18. The number of nitrogens with zero attached hydrogens (tertiary/aromatic N) is 2. The van der Waals surface area contributed by atoms with Crippen LogP contribution in [0, 0.1) is 6.92 Å². The summed E-state index contributed by atoms with van der Waals surface area (Å²) < 4.78 is 0. The van der Waals surface area contributed by atoms with Crippen molar-refractivity contribution in [2.45, 2.75) is 6.92 Å². The van der Waals surface area contributed by atoms with Crippen molar-refractivity contribution < 1.29 is 0 Å². The highest BCUT2D eigenvalue weighted by Gasteiger charge is 2.08. The average Bonchev–Trinajstić information content (AvgIpc) is 2.72. The number of aromatic nitrogens is 2. The van der Waals surface area contributed by atoms with Crippen LogP contribution in [0.5, 0.6) is 0 Å². The molecule has 0 radical (unpaired) electrons. The molecule has 0 bridgehead atoms. The van der Waals surface area contributed by atoms with Crippen LogP contribution in [0.25, 0.3) is 10.2 Å². The van der Waals surface area contributed by atoms with Crippen molar-refractivity contribution in [2.24, 2.45) is 0 Å². The SMILES string of the molecule is Cc1cc2c(Cl)nc(Nc3ccccc3)nc2s1. The molecule has 3 nitrogen and oxygen atoms in total. The zero-order chi connectivity index (χ0) is 12.5. The molecule has 2 aromatic heterocycles. The van der Waals surface area contributed by atoms with Gasteiger partial charge in [-0.25, -0.2) is 9.97 Å². The fourth-order valence-electron chi connectivity index (χ4n) is 1.71. The Labute approximate surface area is 113 Å². The van der Waals surface area contributed by atoms with Gasteiger partial charge in [-0.3, -0.25) is 0 Å². The molecule has 0 fully saturated rings. The van der Waals surface area contributed by atoms with Gasteiger partial charge < -0.3 is 5.32 Å². The summed E-state index contributed by atoms with van der Waals surface area (Å²) in [5, 5.41) is 4.55. The minimum absolute atomic E-state index is 0.489. The minimum Gasteiger partial charge on any atom is -0.324 e. The second-order valence-electron chi connectivity index (χ2n) is 3.90. The zero-order valence-electron chi connectivity index (χ0n) is 9.64. The van der Waals surface area contributed by atoms with E-state index in [9.17, 15) is 0 Å². The van der Waals surface area contributed by atoms with Gasteiger partial charge >= 0.3 is 0 Å². The van der Waals surface area contributed by atoms with Crippen LogP contribution in [0.1, 0.15) is 4.88 Å². The van der Waals surface area contributed by atoms with Crippen molar-refractivity contribution in [3.8, 4) is 0 Å². The molecule has 0 atom stereocenters. The molecule has 0 saturated heterocycles. The normalized spacial score (nSPS) is 10.8. The van der Waals surface area contributed by atoms with Crippen molar-refractivity contribution in [1.82, 2.24) is 9.97 Å². The van der Waals surface area contributed by atoms with Crippen LogP contribution < -0.4 is 5.32 Å². The molecule has 18 heavy (non-hydrogen) atoms. The Bertz CT molecular complexity index is 694. The molecule has 0 unspecified atom stereocenters. The van der Waals surface area contributed by atoms with Gasteiger partial charge in [0.1, 0.15) is 9.98 Å². The Kier molecular flexibility index (Phi) is 2.89. The van der Waals surface area contributed by atoms with E-state index in [1.165, 1.54) is 4.88 Å². The lowest BCUT2D eigenvalue weighted by molar-refractivity contribution is 1.22. The Hall–Kier alpha value is -1.65. The lowest BCUT2D eigenvalue weighted by Gasteiger charge is -2.04. The number of para-hydroxylation sites is 1. The molecule has 0 amide bonds. The van der Waals surface area contributed by atoms with E-state index in [-0.39, 0.29) is 0 Å². The summed E-state index contributed by atoms with van der Waals surface area (Å²) in [4.78, 5) is 10.8. The molecule has 0 aliphatic carbocycles. The summed E-state index contributed by atoms with van der Waals surface area (Å²) in [6, 6.07) is 11.8. The van der Waals surface area contributed by atoms with Crippen molar-refractivity contribution in [3.05, 3.63) is 46.4 Å². The first-order chi connectivity index (χ1) is 8.72. The predicted octanol–water partition coefficient (Wildman–Crippen LogP) is 4.40. The first-order valence-corrected chi connectivity index (χ1v) is 6.67. The summed E-state index contributed by atoms with van der Waals surface area (Å²) in [6.07, 6.45) is 0. The standard InChI is InChI=1S/C13H10ClN3S/c1-8-7-10-11(14)16-13(17-12(10)18-8)15-9-5-3-2-4-6-9/h2-7H,1H3,(H,15,16,17). The van der Waals surface area contributed by atoms with Crippen LogP contribution in [-0.2, 0) is 0 Å². The van der Waals surface area contributed by atoms with Gasteiger partial charge in [-0.15, -0.1) is 11.3 Å². The Morgan fingerprint density at radius 3 is 2.72 bits per heavy atom. The molecule has 2 heterocycles. The summed E-state index contributed by atoms with van der Waals surface area (Å²) in [5.41, 5.74) is 0.946. The quantitative estimate of drug-likeness (QED) is 0.705. The van der Waals surface area contributed by atoms with Crippen LogP contribution in [0.4, 0.5) is 11.6 Å². The number of halogens is 1. The Morgan fingerprint density at radius 1 is 1.17 bits per heavy atom. The van der Waals surface area contributed by atoms with Crippen molar-refractivity contribution in [3.63, 3.8) is 0 Å². The lowest BCUT2D eigenvalue weighted by atomic mass is 10.3. The van der Waals surface area contributed by atoms with Gasteiger partial charge in [0, 0.05) is 16.0 Å². The lowest BCUT2D eigenvalue weighted by Crippen LogP contribution is -1.96. The first-order valence-electron chi connectivity index (χ1n) is 5.48. The topological polar surface area (TPSA) is 37.8 Å². The second kappa shape index (κ2) is 4.55. The summed E-state index contributed by atoms with van der Waals surface area (Å²) >= 11 is 7.77. The maximum Gasteiger partial charge on any atom is 0.230 e. The van der Waals surface area contributed by atoms with Gasteiger partial charge in [0.25, 0.3) is 0 Å². The van der Waals surface area contributed by atoms with Crippen LogP contribution in [0.15, 0.2) is 36.4 Å². The van der Waals surface area contributed by atoms with Gasteiger partial charge in [-0.1, -0.05) is 29.8 Å². The molecule has 3 aromatic rings. The number of rotatable bonds is 2. The van der Waals surface area contributed by atoms with Crippen molar-refractivity contribution in [1.29, 1.82) is 0 Å². The van der Waals surface area contributed by atoms with Crippen LogP contribution in [0.3, 0.4) is 0 Å². The zero-order valence-corrected chi connectivity index (χ0v) is 11.2. The summed E-state index contributed by atoms with van der Waals surface area (Å²) in [5.74, 6) is 0.528. The van der Waals surface area contributed by atoms with E-state index in [1.807, 2.05) is 43.3 Å². The van der Waals surface area contributed by atoms with E-state index in [4.69, 9.17) is 11.6 Å². The summed E-state index contributed by atoms with van der Waals surface area (Å²) in [7, 11) is 0. The van der Waals surface area contributed by atoms with Crippen LogP contribution in [0.2, 0.25) is 5.15 Å². The van der Waals surface area contributed by atoms with Crippen LogP contribution in [-0.4, -0.2) is 9.97 Å². The smallest absolute Gasteiger partial charge is 0.230 e. The Morgan fingerprint density at radius 2 is 1.94 bits per heavy atom. The fraction of sp³-hybridized carbons (Fsp3) is 0.0769. The van der Waals surface area contributed by atoms with Gasteiger partial charge in [0.05, 0.1) is 0 Å². The number of benzene rings is 1. The van der Waals surface area contributed by atoms with E-state index in [0.29, 0.717) is 11.1 Å². The molecule has 90 valence electrons. The molecule has 1 aromatic carbocycles. The molecule has 0 aliphatic heterocycles. The van der Waals surface area contributed by atoms with E-state index >= 15 is 0 Å². The third-order valence-electron chi connectivity index (χ3n) is 2.50. The number of aryl methyl sites for hydroxylation is 1. The number of fused-ring (bicyclic) bond motifs is 1. The van der Waals surface area contributed by atoms with Gasteiger partial charge in [0.2, 0.25) is 5.95 Å². The van der Waals surface area contributed by atoms with Crippen molar-refractivity contribution >= 4 is 44.8 Å². The number of thiophene rings is 1. The molecule has 0 aliphatic rings. The highest BCUT2D eigenvalue weighted by atomic mass is 35.5.